The van der Waals surface area contributed by atoms with Crippen LogP contribution in [0.3, 0.4) is 0 Å². The van der Waals surface area contributed by atoms with Gasteiger partial charge in [0.2, 0.25) is 0 Å². The summed E-state index contributed by atoms with van der Waals surface area (Å²) in [5.74, 6) is 3.33. The topological polar surface area (TPSA) is 75.8 Å². The summed E-state index contributed by atoms with van der Waals surface area (Å²) in [6.07, 6.45) is 0. The second kappa shape index (κ2) is 8.05. The summed E-state index contributed by atoms with van der Waals surface area (Å²) in [4.78, 5) is 0. The van der Waals surface area contributed by atoms with Gasteiger partial charge >= 0.3 is 0 Å². The van der Waals surface area contributed by atoms with Gasteiger partial charge in [-0.25, -0.2) is 0 Å². The van der Waals surface area contributed by atoms with E-state index in [9.17, 15) is 0 Å². The van der Waals surface area contributed by atoms with Crippen molar-refractivity contribution in [3.63, 3.8) is 0 Å². The smallest absolute Gasteiger partial charge is 0.254 e. The van der Waals surface area contributed by atoms with Crippen molar-refractivity contribution >= 4 is 0 Å². The zero-order valence-corrected chi connectivity index (χ0v) is 14.0. The first-order valence-electron chi connectivity index (χ1n) is 7.62. The Morgan fingerprint density at radius 2 is 1.24 bits per heavy atom. The minimum absolute atomic E-state index is 0.134. The zero-order valence-electron chi connectivity index (χ0n) is 14.0. The molecule has 1 aromatic heterocycles. The van der Waals surface area contributed by atoms with Crippen LogP contribution in [-0.4, -0.2) is 24.4 Å². The van der Waals surface area contributed by atoms with E-state index in [1.807, 2.05) is 30.3 Å². The molecule has 0 aliphatic carbocycles. The van der Waals surface area contributed by atoms with Gasteiger partial charge in [0.25, 0.3) is 11.8 Å². The fourth-order valence-corrected chi connectivity index (χ4v) is 2.08. The number of rotatable bonds is 8. The number of aromatic nitrogens is 2. The van der Waals surface area contributed by atoms with Gasteiger partial charge in [-0.3, -0.25) is 0 Å². The summed E-state index contributed by atoms with van der Waals surface area (Å²) >= 11 is 0. The Labute approximate surface area is 145 Å². The molecule has 0 atom stereocenters. The Morgan fingerprint density at radius 1 is 0.720 bits per heavy atom. The molecule has 0 spiro atoms. The van der Waals surface area contributed by atoms with Crippen molar-refractivity contribution < 1.29 is 23.4 Å². The van der Waals surface area contributed by atoms with Gasteiger partial charge in [-0.2, -0.15) is 0 Å². The zero-order chi connectivity index (χ0) is 17.5. The van der Waals surface area contributed by atoms with Gasteiger partial charge in [-0.15, -0.1) is 10.2 Å². The third kappa shape index (κ3) is 4.63. The van der Waals surface area contributed by atoms with Crippen LogP contribution in [0.15, 0.2) is 52.9 Å². The summed E-state index contributed by atoms with van der Waals surface area (Å²) in [5, 5.41) is 7.88. The van der Waals surface area contributed by atoms with Gasteiger partial charge in [0.1, 0.15) is 23.0 Å². The maximum Gasteiger partial charge on any atom is 0.254 e. The van der Waals surface area contributed by atoms with Gasteiger partial charge < -0.3 is 23.4 Å². The van der Waals surface area contributed by atoms with Crippen LogP contribution in [-0.2, 0) is 13.2 Å². The molecule has 130 valence electrons. The van der Waals surface area contributed by atoms with Crippen LogP contribution in [0.5, 0.6) is 23.0 Å². The lowest BCUT2D eigenvalue weighted by Gasteiger charge is -2.08. The molecule has 7 heteroatoms. The molecule has 0 unspecified atom stereocenters. The lowest BCUT2D eigenvalue weighted by Crippen LogP contribution is -1.97. The molecule has 2 aromatic carbocycles. The van der Waals surface area contributed by atoms with Crippen LogP contribution in [0.25, 0.3) is 0 Å². The van der Waals surface area contributed by atoms with Crippen molar-refractivity contribution in [3.05, 3.63) is 60.3 Å². The quantitative estimate of drug-likeness (QED) is 0.622. The van der Waals surface area contributed by atoms with Crippen LogP contribution < -0.4 is 18.9 Å². The average molecular weight is 342 g/mol. The van der Waals surface area contributed by atoms with E-state index in [1.54, 1.807) is 32.4 Å². The highest BCUT2D eigenvalue weighted by atomic mass is 16.5. The van der Waals surface area contributed by atoms with Gasteiger partial charge in [0.05, 0.1) is 14.2 Å². The molecule has 7 nitrogen and oxygen atoms in total. The van der Waals surface area contributed by atoms with E-state index in [0.29, 0.717) is 29.0 Å². The van der Waals surface area contributed by atoms with Gasteiger partial charge in [-0.1, -0.05) is 18.2 Å². The van der Waals surface area contributed by atoms with E-state index >= 15 is 0 Å². The number of nitrogens with zero attached hydrogens (tertiary/aromatic N) is 2. The first kappa shape index (κ1) is 16.6. The first-order valence-corrected chi connectivity index (χ1v) is 7.62. The predicted molar refractivity (Wildman–Crippen MR) is 89.0 cm³/mol. The van der Waals surface area contributed by atoms with Crippen molar-refractivity contribution in [1.82, 2.24) is 10.2 Å². The van der Waals surface area contributed by atoms with Crippen molar-refractivity contribution in [2.45, 2.75) is 13.2 Å². The molecular formula is C18H18N2O5. The van der Waals surface area contributed by atoms with E-state index in [2.05, 4.69) is 10.2 Å². The molecule has 0 amide bonds. The molecule has 0 saturated carbocycles. The lowest BCUT2D eigenvalue weighted by atomic mass is 10.3. The predicted octanol–water partition coefficient (Wildman–Crippen LogP) is 3.24. The fourth-order valence-electron chi connectivity index (χ4n) is 2.08. The number of hydrogen-bond acceptors (Lipinski definition) is 7. The molecule has 0 fully saturated rings. The number of para-hydroxylation sites is 1. The number of hydrogen-bond donors (Lipinski definition) is 0. The Balaban J connectivity index is 1.56. The Bertz CT molecular complexity index is 782. The molecule has 1 heterocycles. The van der Waals surface area contributed by atoms with Crippen LogP contribution in [0, 0.1) is 0 Å². The van der Waals surface area contributed by atoms with Gasteiger partial charge in [-0.05, 0) is 12.1 Å². The lowest BCUT2D eigenvalue weighted by molar-refractivity contribution is 0.231. The van der Waals surface area contributed by atoms with Crippen molar-refractivity contribution in [2.24, 2.45) is 0 Å². The van der Waals surface area contributed by atoms with E-state index < -0.39 is 0 Å². The number of methoxy groups -OCH3 is 2. The normalized spacial score (nSPS) is 10.3. The van der Waals surface area contributed by atoms with Crippen LogP contribution in [0.2, 0.25) is 0 Å². The second-order valence-corrected chi connectivity index (χ2v) is 5.03. The Kier molecular flexibility index (Phi) is 5.36. The molecule has 0 bridgehead atoms. The molecule has 25 heavy (non-hydrogen) atoms. The molecule has 0 N–H and O–H groups in total. The molecule has 0 saturated heterocycles. The summed E-state index contributed by atoms with van der Waals surface area (Å²) < 4.78 is 27.1. The maximum absolute atomic E-state index is 5.66. The Morgan fingerprint density at radius 3 is 1.80 bits per heavy atom. The molecular weight excluding hydrogens is 324 g/mol. The van der Waals surface area contributed by atoms with E-state index in [-0.39, 0.29) is 13.2 Å². The van der Waals surface area contributed by atoms with Crippen molar-refractivity contribution in [1.29, 1.82) is 0 Å². The largest absolute Gasteiger partial charge is 0.496 e. The molecule has 0 aliphatic rings. The second-order valence-electron chi connectivity index (χ2n) is 5.03. The summed E-state index contributed by atoms with van der Waals surface area (Å²) in [6, 6.07) is 14.7. The molecule has 3 aromatic rings. The highest BCUT2D eigenvalue weighted by molar-refractivity contribution is 5.41. The summed E-state index contributed by atoms with van der Waals surface area (Å²) in [7, 11) is 3.16. The fraction of sp³-hybridized carbons (Fsp3) is 0.222. The van der Waals surface area contributed by atoms with Crippen LogP contribution in [0.4, 0.5) is 0 Å². The SMILES string of the molecule is COc1cc(OC)cc(OCc2nnc(COc3ccccc3)o2)c1. The monoisotopic (exact) mass is 342 g/mol. The van der Waals surface area contributed by atoms with Crippen LogP contribution >= 0.6 is 0 Å². The third-order valence-corrected chi connectivity index (χ3v) is 3.30. The van der Waals surface area contributed by atoms with E-state index in [0.717, 1.165) is 5.75 Å². The standard InChI is InChI=1S/C18H18N2O5/c1-21-14-8-15(22-2)10-16(9-14)24-12-18-20-19-17(25-18)11-23-13-6-4-3-5-7-13/h3-10H,11-12H2,1-2H3. The molecule has 0 radical (unpaired) electrons. The van der Waals surface area contributed by atoms with E-state index in [4.69, 9.17) is 23.4 Å². The summed E-state index contributed by atoms with van der Waals surface area (Å²) in [5.41, 5.74) is 0. The minimum atomic E-state index is 0.134. The van der Waals surface area contributed by atoms with E-state index in [1.165, 1.54) is 0 Å². The highest BCUT2D eigenvalue weighted by Gasteiger charge is 2.09. The highest BCUT2D eigenvalue weighted by Crippen LogP contribution is 2.27. The van der Waals surface area contributed by atoms with Crippen LogP contribution in [0.1, 0.15) is 11.8 Å². The maximum atomic E-state index is 5.66. The van der Waals surface area contributed by atoms with Crippen molar-refractivity contribution in [2.75, 3.05) is 14.2 Å². The molecule has 0 aliphatic heterocycles. The molecule has 3 rings (SSSR count). The average Bonchev–Trinajstić information content (AvgIpc) is 3.13. The number of ether oxygens (including phenoxy) is 4. The third-order valence-electron chi connectivity index (χ3n) is 3.30. The van der Waals surface area contributed by atoms with Gasteiger partial charge in [0, 0.05) is 18.2 Å². The minimum Gasteiger partial charge on any atom is -0.496 e. The van der Waals surface area contributed by atoms with Gasteiger partial charge in [0.15, 0.2) is 13.2 Å². The first-order chi connectivity index (χ1) is 12.3. The summed E-state index contributed by atoms with van der Waals surface area (Å²) in [6.45, 7) is 0.332. The van der Waals surface area contributed by atoms with Crippen molar-refractivity contribution in [3.8, 4) is 23.0 Å². The Hall–Kier alpha value is -3.22. The number of benzene rings is 2.